The van der Waals surface area contributed by atoms with E-state index in [1.807, 2.05) is 12.1 Å². The summed E-state index contributed by atoms with van der Waals surface area (Å²) in [5.74, 6) is -0.324. The van der Waals surface area contributed by atoms with Gasteiger partial charge in [0.15, 0.2) is 0 Å². The van der Waals surface area contributed by atoms with Crippen molar-refractivity contribution >= 4 is 17.3 Å². The number of pyridine rings is 1. The molecule has 1 aromatic heterocycles. The Morgan fingerprint density at radius 3 is 2.65 bits per heavy atom. The summed E-state index contributed by atoms with van der Waals surface area (Å²) in [6.07, 6.45) is 4.40. The molecule has 0 atom stereocenters. The molecule has 0 amide bonds. The van der Waals surface area contributed by atoms with Gasteiger partial charge in [-0.25, -0.2) is 4.39 Å². The second kappa shape index (κ2) is 5.64. The van der Waals surface area contributed by atoms with Gasteiger partial charge in [0.25, 0.3) is 0 Å². The van der Waals surface area contributed by atoms with E-state index in [4.69, 9.17) is 11.6 Å². The predicted octanol–water partition coefficient (Wildman–Crippen LogP) is 3.53. The lowest BCUT2D eigenvalue weighted by atomic mass is 10.2. The van der Waals surface area contributed by atoms with Crippen LogP contribution >= 0.6 is 11.6 Å². The Kier molecular flexibility index (Phi) is 3.94. The van der Waals surface area contributed by atoms with Crippen LogP contribution in [0.2, 0.25) is 5.02 Å². The molecule has 0 aliphatic carbocycles. The highest BCUT2D eigenvalue weighted by atomic mass is 35.5. The van der Waals surface area contributed by atoms with E-state index < -0.39 is 0 Å². The second-order valence-corrected chi connectivity index (χ2v) is 4.06. The monoisotopic (exact) mass is 250 g/mol. The van der Waals surface area contributed by atoms with E-state index in [2.05, 4.69) is 10.3 Å². The van der Waals surface area contributed by atoms with Gasteiger partial charge in [-0.1, -0.05) is 11.6 Å². The van der Waals surface area contributed by atoms with Crippen molar-refractivity contribution in [1.82, 2.24) is 4.98 Å². The Bertz CT molecular complexity index is 488. The molecular formula is C13H12ClFN2. The number of aromatic nitrogens is 1. The summed E-state index contributed by atoms with van der Waals surface area (Å²) in [5, 5.41) is 3.57. The molecule has 2 nitrogen and oxygen atoms in total. The van der Waals surface area contributed by atoms with Crippen molar-refractivity contribution in [3.63, 3.8) is 0 Å². The maximum absolute atomic E-state index is 12.8. The molecule has 1 N–H and O–H groups in total. The van der Waals surface area contributed by atoms with Gasteiger partial charge in [0.1, 0.15) is 5.82 Å². The van der Waals surface area contributed by atoms with E-state index >= 15 is 0 Å². The van der Waals surface area contributed by atoms with Gasteiger partial charge in [-0.3, -0.25) is 4.98 Å². The molecule has 17 heavy (non-hydrogen) atoms. The van der Waals surface area contributed by atoms with Gasteiger partial charge >= 0.3 is 0 Å². The quantitative estimate of drug-likeness (QED) is 0.898. The van der Waals surface area contributed by atoms with E-state index in [0.717, 1.165) is 18.7 Å². The second-order valence-electron chi connectivity index (χ2n) is 3.66. The molecule has 0 spiro atoms. The smallest absolute Gasteiger partial charge is 0.124 e. The third-order valence-corrected chi connectivity index (χ3v) is 2.72. The molecule has 1 heterocycles. The van der Waals surface area contributed by atoms with Gasteiger partial charge in [-0.15, -0.1) is 0 Å². The van der Waals surface area contributed by atoms with Crippen LogP contribution in [0, 0.1) is 5.82 Å². The molecule has 88 valence electrons. The Balaban J connectivity index is 1.90. The number of halogens is 2. The number of anilines is 1. The van der Waals surface area contributed by atoms with Crippen molar-refractivity contribution in [3.05, 3.63) is 59.1 Å². The molecular weight excluding hydrogens is 239 g/mol. The lowest BCUT2D eigenvalue weighted by molar-refractivity contribution is 0.628. The number of benzene rings is 1. The third-order valence-electron chi connectivity index (χ3n) is 2.41. The van der Waals surface area contributed by atoms with Gasteiger partial charge in [0, 0.05) is 18.9 Å². The van der Waals surface area contributed by atoms with Crippen LogP contribution in [0.4, 0.5) is 10.1 Å². The lowest BCUT2D eigenvalue weighted by Crippen LogP contribution is -2.05. The van der Waals surface area contributed by atoms with E-state index in [0.29, 0.717) is 5.02 Å². The SMILES string of the molecule is Fc1ccc(NCCc2ccncc2)c(Cl)c1. The first kappa shape index (κ1) is 11.9. The minimum absolute atomic E-state index is 0.324. The van der Waals surface area contributed by atoms with Gasteiger partial charge in [-0.2, -0.15) is 0 Å². The summed E-state index contributed by atoms with van der Waals surface area (Å²) in [7, 11) is 0. The third kappa shape index (κ3) is 3.43. The fraction of sp³-hybridized carbons (Fsp3) is 0.154. The van der Waals surface area contributed by atoms with Gasteiger partial charge in [-0.05, 0) is 42.3 Å². The molecule has 0 bridgehead atoms. The zero-order valence-electron chi connectivity index (χ0n) is 9.16. The molecule has 0 fully saturated rings. The van der Waals surface area contributed by atoms with Crippen LogP contribution in [0.5, 0.6) is 0 Å². The standard InChI is InChI=1S/C13H12ClFN2/c14-12-9-11(15)1-2-13(12)17-8-5-10-3-6-16-7-4-10/h1-4,6-7,9,17H,5,8H2. The van der Waals surface area contributed by atoms with Crippen LogP contribution in [0.25, 0.3) is 0 Å². The zero-order chi connectivity index (χ0) is 12.1. The Morgan fingerprint density at radius 1 is 1.18 bits per heavy atom. The van der Waals surface area contributed by atoms with E-state index in [9.17, 15) is 4.39 Å². The van der Waals surface area contributed by atoms with Crippen LogP contribution in [0.1, 0.15) is 5.56 Å². The largest absolute Gasteiger partial charge is 0.384 e. The highest BCUT2D eigenvalue weighted by molar-refractivity contribution is 6.33. The van der Waals surface area contributed by atoms with Crippen molar-refractivity contribution in [2.75, 3.05) is 11.9 Å². The molecule has 0 aliphatic heterocycles. The van der Waals surface area contributed by atoms with Crippen molar-refractivity contribution in [1.29, 1.82) is 0 Å². The topological polar surface area (TPSA) is 24.9 Å². The molecule has 2 aromatic rings. The van der Waals surface area contributed by atoms with E-state index in [1.54, 1.807) is 18.5 Å². The van der Waals surface area contributed by atoms with Crippen molar-refractivity contribution in [2.24, 2.45) is 0 Å². The number of rotatable bonds is 4. The molecule has 0 aliphatic rings. The Labute approximate surface area is 104 Å². The van der Waals surface area contributed by atoms with E-state index in [-0.39, 0.29) is 5.82 Å². The first-order valence-electron chi connectivity index (χ1n) is 5.33. The number of nitrogens with one attached hydrogen (secondary N) is 1. The molecule has 4 heteroatoms. The zero-order valence-corrected chi connectivity index (χ0v) is 9.91. The first-order valence-corrected chi connectivity index (χ1v) is 5.71. The summed E-state index contributed by atoms with van der Waals surface area (Å²) in [6.45, 7) is 0.745. The Morgan fingerprint density at radius 2 is 1.94 bits per heavy atom. The fourth-order valence-electron chi connectivity index (χ4n) is 1.52. The van der Waals surface area contributed by atoms with Gasteiger partial charge < -0.3 is 5.32 Å². The van der Waals surface area contributed by atoms with Crippen molar-refractivity contribution in [2.45, 2.75) is 6.42 Å². The van der Waals surface area contributed by atoms with E-state index in [1.165, 1.54) is 17.7 Å². The van der Waals surface area contributed by atoms with Crippen LogP contribution in [0.3, 0.4) is 0 Å². The van der Waals surface area contributed by atoms with Crippen LogP contribution in [-0.2, 0) is 6.42 Å². The predicted molar refractivity (Wildman–Crippen MR) is 67.8 cm³/mol. The number of hydrogen-bond donors (Lipinski definition) is 1. The van der Waals surface area contributed by atoms with Crippen LogP contribution in [-0.4, -0.2) is 11.5 Å². The highest BCUT2D eigenvalue weighted by Gasteiger charge is 2.01. The summed E-state index contributed by atoms with van der Waals surface area (Å²) in [6, 6.07) is 8.27. The minimum Gasteiger partial charge on any atom is -0.384 e. The van der Waals surface area contributed by atoms with Crippen molar-refractivity contribution < 1.29 is 4.39 Å². The normalized spacial score (nSPS) is 10.2. The van der Waals surface area contributed by atoms with Gasteiger partial charge in [0.2, 0.25) is 0 Å². The average Bonchev–Trinajstić information content (AvgIpc) is 2.33. The Hall–Kier alpha value is -1.61. The fourth-order valence-corrected chi connectivity index (χ4v) is 1.76. The van der Waals surface area contributed by atoms with Crippen LogP contribution in [0.15, 0.2) is 42.7 Å². The maximum Gasteiger partial charge on any atom is 0.124 e. The van der Waals surface area contributed by atoms with Gasteiger partial charge in [0.05, 0.1) is 10.7 Å². The molecule has 0 radical (unpaired) electrons. The number of hydrogen-bond acceptors (Lipinski definition) is 2. The van der Waals surface area contributed by atoms with Crippen LogP contribution < -0.4 is 5.32 Å². The molecule has 2 rings (SSSR count). The summed E-state index contributed by atoms with van der Waals surface area (Å²) >= 11 is 5.90. The molecule has 0 unspecified atom stereocenters. The average molecular weight is 251 g/mol. The minimum atomic E-state index is -0.324. The first-order chi connectivity index (χ1) is 8.25. The maximum atomic E-state index is 12.8. The summed E-state index contributed by atoms with van der Waals surface area (Å²) < 4.78 is 12.8. The lowest BCUT2D eigenvalue weighted by Gasteiger charge is -2.08. The summed E-state index contributed by atoms with van der Waals surface area (Å²) in [4.78, 5) is 3.95. The molecule has 0 saturated carbocycles. The molecule has 1 aromatic carbocycles. The highest BCUT2D eigenvalue weighted by Crippen LogP contribution is 2.22. The summed E-state index contributed by atoms with van der Waals surface area (Å²) in [5.41, 5.74) is 1.95. The van der Waals surface area contributed by atoms with Crippen molar-refractivity contribution in [3.8, 4) is 0 Å². The molecule has 0 saturated heterocycles. The number of nitrogens with zero attached hydrogens (tertiary/aromatic N) is 1.